The molecule has 0 bridgehead atoms. The molecule has 0 N–H and O–H groups in total. The maximum Gasteiger partial charge on any atom is -0.153 e. The molecule has 0 aliphatic heterocycles. The number of rotatable bonds is 1. The van der Waals surface area contributed by atoms with Crippen LogP contribution in [0, 0.1) is 10.4 Å². The van der Waals surface area contributed by atoms with Crippen molar-refractivity contribution < 1.29 is 30.6 Å². The summed E-state index contributed by atoms with van der Waals surface area (Å²) in [6, 6.07) is 21.8. The first kappa shape index (κ1) is 20.5. The van der Waals surface area contributed by atoms with Crippen LogP contribution in [0.15, 0.2) is 66.7 Å². The fraction of sp³-hybridized carbons (Fsp3) is 0.120. The molecule has 0 heterocycles. The number of hydrogen-bond donors (Lipinski definition) is 0. The normalized spacial score (nSPS) is 14.9. The van der Waals surface area contributed by atoms with Gasteiger partial charge in [0, 0.05) is 0 Å². The van der Waals surface area contributed by atoms with E-state index in [2.05, 4.69) is 99.8 Å². The first-order valence-corrected chi connectivity index (χ1v) is 9.80. The maximum atomic E-state index is 8.25. The number of fused-ring (bicyclic) bond motifs is 3. The standard InChI is InChI=1S/C23H15.2CH3O.Ti/c1-15-10-12-20-19-9-5-3-7-17(19)14-22(20)23(15)21-13-11-16-6-2-4-8-18(16)21;2*1-2;/h2-13,21H,1H2;2*1H3;/q;2*-1;+2. The minimum Gasteiger partial charge on any atom is -0.857 e. The molecule has 5 rings (SSSR count). The summed E-state index contributed by atoms with van der Waals surface area (Å²) in [5, 5.41) is 21.7. The molecule has 0 amide bonds. The third kappa shape index (κ3) is 3.23. The van der Waals surface area contributed by atoms with Crippen LogP contribution in [0.2, 0.25) is 0 Å². The SMILES string of the molecule is C=c1ccc2c(c1C1C=Cc3ccccc31)[C]([Ti+2])=c1ccccc1=2.C[O-].C[O-]. The van der Waals surface area contributed by atoms with Gasteiger partial charge in [0.05, 0.1) is 0 Å². The van der Waals surface area contributed by atoms with E-state index < -0.39 is 0 Å². The van der Waals surface area contributed by atoms with Gasteiger partial charge in [-0.3, -0.25) is 0 Å². The van der Waals surface area contributed by atoms with E-state index in [0.717, 1.165) is 19.4 Å². The third-order valence-corrected chi connectivity index (χ3v) is 5.99. The summed E-state index contributed by atoms with van der Waals surface area (Å²) in [5.74, 6) is 0.299. The topological polar surface area (TPSA) is 46.1 Å². The Hall–Kier alpha value is -2.23. The van der Waals surface area contributed by atoms with Crippen LogP contribution in [-0.2, 0) is 20.4 Å². The summed E-state index contributed by atoms with van der Waals surface area (Å²) in [4.78, 5) is 0. The Morgan fingerprint density at radius 1 is 0.786 bits per heavy atom. The molecule has 2 nitrogen and oxygen atoms in total. The summed E-state index contributed by atoms with van der Waals surface area (Å²) in [7, 11) is 1.50. The minimum absolute atomic E-state index is 0.299. The average molecular weight is 401 g/mol. The summed E-state index contributed by atoms with van der Waals surface area (Å²) >= 11 is 2.25. The van der Waals surface area contributed by atoms with Gasteiger partial charge in [0.1, 0.15) is 0 Å². The zero-order valence-corrected chi connectivity index (χ0v) is 17.6. The van der Waals surface area contributed by atoms with Crippen LogP contribution >= 0.6 is 0 Å². The van der Waals surface area contributed by atoms with Gasteiger partial charge < -0.3 is 10.2 Å². The number of hydrogen-bond acceptors (Lipinski definition) is 2. The van der Waals surface area contributed by atoms with Crippen LogP contribution < -0.4 is 20.7 Å². The van der Waals surface area contributed by atoms with Crippen LogP contribution in [0.4, 0.5) is 0 Å². The summed E-state index contributed by atoms with van der Waals surface area (Å²) < 4.78 is 1.37. The van der Waals surface area contributed by atoms with Gasteiger partial charge >= 0.3 is 153 Å². The molecule has 0 saturated heterocycles. The van der Waals surface area contributed by atoms with Crippen molar-refractivity contribution in [3.63, 3.8) is 0 Å². The largest absolute Gasteiger partial charge is 0.857 e. The quantitative estimate of drug-likeness (QED) is 0.581. The van der Waals surface area contributed by atoms with Gasteiger partial charge in [-0.05, 0) is 0 Å². The van der Waals surface area contributed by atoms with E-state index in [-0.39, 0.29) is 0 Å². The van der Waals surface area contributed by atoms with Crippen molar-refractivity contribution in [2.75, 3.05) is 14.2 Å². The minimum atomic E-state index is 0.299. The molecule has 0 aromatic heterocycles. The van der Waals surface area contributed by atoms with E-state index in [4.69, 9.17) is 10.2 Å². The monoisotopic (exact) mass is 401 g/mol. The number of allylic oxidation sites excluding steroid dienone is 1. The molecule has 0 radical (unpaired) electrons. The molecule has 3 heteroatoms. The fourth-order valence-corrected chi connectivity index (χ4v) is 4.84. The van der Waals surface area contributed by atoms with E-state index in [0.29, 0.717) is 5.92 Å². The van der Waals surface area contributed by atoms with Crippen LogP contribution in [0.5, 0.6) is 0 Å². The van der Waals surface area contributed by atoms with E-state index in [1.807, 2.05) is 0 Å². The molecule has 0 spiro atoms. The Labute approximate surface area is 176 Å². The molecule has 1 unspecified atom stereocenters. The molecule has 1 atom stereocenters. The first-order valence-electron chi connectivity index (χ1n) is 9.02. The molecule has 0 saturated carbocycles. The molecule has 2 aliphatic carbocycles. The van der Waals surface area contributed by atoms with Crippen LogP contribution in [-0.4, -0.2) is 14.2 Å². The third-order valence-electron chi connectivity index (χ3n) is 5.18. The van der Waals surface area contributed by atoms with E-state index in [1.165, 1.54) is 41.8 Å². The molecular weight excluding hydrogens is 380 g/mol. The molecule has 3 aromatic carbocycles. The fourth-order valence-electron chi connectivity index (χ4n) is 4.08. The maximum absolute atomic E-state index is 8.25. The molecular formula is C25H21O2Ti. The Morgan fingerprint density at radius 3 is 2.18 bits per heavy atom. The van der Waals surface area contributed by atoms with Crippen molar-refractivity contribution in [2.45, 2.75) is 5.92 Å². The Kier molecular flexibility index (Phi) is 6.48. The predicted octanol–water partition coefficient (Wildman–Crippen LogP) is 1.51. The second-order valence-electron chi connectivity index (χ2n) is 6.45. The van der Waals surface area contributed by atoms with Crippen molar-refractivity contribution >= 4 is 16.5 Å². The van der Waals surface area contributed by atoms with Crippen LogP contribution in [0.1, 0.15) is 28.2 Å². The molecule has 2 aliphatic rings. The van der Waals surface area contributed by atoms with Gasteiger partial charge in [-0.2, -0.15) is 14.2 Å². The van der Waals surface area contributed by atoms with Gasteiger partial charge in [0.2, 0.25) is 0 Å². The van der Waals surface area contributed by atoms with Crippen LogP contribution in [0.25, 0.3) is 16.5 Å². The zero-order chi connectivity index (χ0) is 20.3. The number of benzene rings is 3. The Balaban J connectivity index is 0.000000531. The average Bonchev–Trinajstić information content (AvgIpc) is 3.31. The summed E-state index contributed by atoms with van der Waals surface area (Å²) in [6.45, 7) is 4.37. The van der Waals surface area contributed by atoms with Crippen molar-refractivity contribution in [2.24, 2.45) is 0 Å². The molecule has 3 aromatic rings. The van der Waals surface area contributed by atoms with Crippen molar-refractivity contribution in [3.05, 3.63) is 110 Å². The summed E-state index contributed by atoms with van der Waals surface area (Å²) in [6.07, 6.45) is 4.57. The van der Waals surface area contributed by atoms with Gasteiger partial charge in [-0.25, -0.2) is 0 Å². The van der Waals surface area contributed by atoms with E-state index >= 15 is 0 Å². The molecule has 0 fully saturated rings. The van der Waals surface area contributed by atoms with Gasteiger partial charge in [0.15, 0.2) is 0 Å². The molecule has 28 heavy (non-hydrogen) atoms. The summed E-state index contributed by atoms with van der Waals surface area (Å²) in [5.41, 5.74) is 5.46. The van der Waals surface area contributed by atoms with Crippen molar-refractivity contribution in [3.8, 4) is 0 Å². The zero-order valence-electron chi connectivity index (χ0n) is 16.0. The first-order chi connectivity index (χ1) is 13.8. The van der Waals surface area contributed by atoms with Crippen molar-refractivity contribution in [1.29, 1.82) is 0 Å². The second kappa shape index (κ2) is 8.85. The van der Waals surface area contributed by atoms with E-state index in [9.17, 15) is 0 Å². The second-order valence-corrected chi connectivity index (χ2v) is 7.23. The van der Waals surface area contributed by atoms with Gasteiger partial charge in [0.25, 0.3) is 0 Å². The van der Waals surface area contributed by atoms with Crippen molar-refractivity contribution in [1.82, 2.24) is 0 Å². The van der Waals surface area contributed by atoms with E-state index in [1.54, 1.807) is 0 Å². The van der Waals surface area contributed by atoms with Gasteiger partial charge in [-0.1, -0.05) is 0 Å². The Morgan fingerprint density at radius 2 is 1.43 bits per heavy atom. The van der Waals surface area contributed by atoms with Gasteiger partial charge in [-0.15, -0.1) is 0 Å². The molecule has 137 valence electrons. The predicted molar refractivity (Wildman–Crippen MR) is 107 cm³/mol. The Bertz CT molecular complexity index is 1240. The van der Waals surface area contributed by atoms with Crippen LogP contribution in [0.3, 0.4) is 0 Å². The smallest absolute Gasteiger partial charge is 0.153 e.